The monoisotopic (exact) mass is 536 g/mol. The minimum atomic E-state index is -5.64. The molecule has 0 aromatic heterocycles. The summed E-state index contributed by atoms with van der Waals surface area (Å²) in [6, 6.07) is 0. The van der Waals surface area contributed by atoms with E-state index in [1.54, 1.807) is 6.08 Å². The summed E-state index contributed by atoms with van der Waals surface area (Å²) >= 11 is 0. The first-order valence-corrected chi connectivity index (χ1v) is 17.5. The van der Waals surface area contributed by atoms with Gasteiger partial charge in [0.15, 0.2) is 8.32 Å². The molecule has 0 heterocycles. The summed E-state index contributed by atoms with van der Waals surface area (Å²) in [5.74, 6) is 2.37. The van der Waals surface area contributed by atoms with Crippen LogP contribution in [0.2, 0.25) is 18.1 Å². The molecule has 202 valence electrons. The summed E-state index contributed by atoms with van der Waals surface area (Å²) < 4.78 is 74.0. The largest absolute Gasteiger partial charge is 0.534 e. The number of rotatable bonds is 4. The predicted octanol–water partition coefficient (Wildman–Crippen LogP) is 7.78. The van der Waals surface area contributed by atoms with Gasteiger partial charge in [0.05, 0.1) is 5.60 Å². The fraction of sp³-hybridized carbons (Fsp3) is 0.923. The third-order valence-corrected chi connectivity index (χ3v) is 16.1. The molecule has 0 bridgehead atoms. The molecule has 3 fully saturated rings. The lowest BCUT2D eigenvalue weighted by atomic mass is 9.49. The van der Waals surface area contributed by atoms with Crippen molar-refractivity contribution in [1.29, 1.82) is 0 Å². The van der Waals surface area contributed by atoms with Gasteiger partial charge in [-0.05, 0) is 112 Å². The summed E-state index contributed by atoms with van der Waals surface area (Å²) in [5.41, 5.74) is -6.12. The summed E-state index contributed by atoms with van der Waals surface area (Å²) in [6.45, 7) is 15.7. The van der Waals surface area contributed by atoms with Crippen LogP contribution in [0.1, 0.15) is 86.0 Å². The Hall–Kier alpha value is -0.543. The van der Waals surface area contributed by atoms with E-state index in [9.17, 15) is 21.6 Å². The van der Waals surface area contributed by atoms with Crippen molar-refractivity contribution in [3.05, 3.63) is 11.8 Å². The van der Waals surface area contributed by atoms with Gasteiger partial charge in [0.1, 0.15) is 5.76 Å². The summed E-state index contributed by atoms with van der Waals surface area (Å²) in [4.78, 5) is 0. The summed E-state index contributed by atoms with van der Waals surface area (Å²) in [6.07, 6.45) is 9.27. The van der Waals surface area contributed by atoms with E-state index < -0.39 is 29.4 Å². The maximum atomic E-state index is 13.0. The maximum absolute atomic E-state index is 13.0. The Morgan fingerprint density at radius 2 is 1.60 bits per heavy atom. The van der Waals surface area contributed by atoms with Crippen LogP contribution in [0, 0.1) is 35.0 Å². The third-order valence-electron chi connectivity index (χ3n) is 10.5. The fourth-order valence-electron chi connectivity index (χ4n) is 7.75. The van der Waals surface area contributed by atoms with Crippen molar-refractivity contribution in [1.82, 2.24) is 0 Å². The second kappa shape index (κ2) is 8.48. The molecule has 9 heteroatoms. The van der Waals surface area contributed by atoms with Crippen LogP contribution >= 0.6 is 0 Å². The Bertz CT molecular complexity index is 970. The number of hydrogen-bond donors (Lipinski definition) is 0. The molecule has 7 atom stereocenters. The smallest absolute Gasteiger partial charge is 0.412 e. The van der Waals surface area contributed by atoms with Crippen LogP contribution in [0.4, 0.5) is 13.2 Å². The molecule has 0 aliphatic heterocycles. The highest BCUT2D eigenvalue weighted by atomic mass is 32.2. The highest BCUT2D eigenvalue weighted by Crippen LogP contribution is 2.64. The average molecular weight is 537 g/mol. The molecular weight excluding hydrogens is 493 g/mol. The van der Waals surface area contributed by atoms with Crippen molar-refractivity contribution >= 4 is 18.4 Å². The van der Waals surface area contributed by atoms with Gasteiger partial charge in [-0.25, -0.2) is 0 Å². The van der Waals surface area contributed by atoms with Crippen LogP contribution in [0.15, 0.2) is 11.8 Å². The van der Waals surface area contributed by atoms with E-state index >= 15 is 0 Å². The van der Waals surface area contributed by atoms with Crippen molar-refractivity contribution in [2.45, 2.75) is 115 Å². The van der Waals surface area contributed by atoms with E-state index in [1.165, 1.54) is 0 Å². The van der Waals surface area contributed by atoms with Crippen LogP contribution in [0.5, 0.6) is 0 Å². The molecule has 4 nitrogen and oxygen atoms in total. The first kappa shape index (κ1) is 27.5. The molecule has 0 aromatic carbocycles. The fourth-order valence-corrected chi connectivity index (χ4v) is 10.1. The van der Waals surface area contributed by atoms with Crippen LogP contribution in [-0.4, -0.2) is 27.8 Å². The minimum absolute atomic E-state index is 0.0133. The highest BCUT2D eigenvalue weighted by Gasteiger charge is 2.59. The molecule has 4 aliphatic rings. The van der Waals surface area contributed by atoms with Gasteiger partial charge in [-0.2, -0.15) is 21.6 Å². The van der Waals surface area contributed by atoms with E-state index in [2.05, 4.69) is 40.8 Å². The van der Waals surface area contributed by atoms with Gasteiger partial charge >= 0.3 is 15.6 Å². The Morgan fingerprint density at radius 1 is 0.971 bits per heavy atom. The molecule has 4 aliphatic carbocycles. The topological polar surface area (TPSA) is 52.6 Å². The molecule has 35 heavy (non-hydrogen) atoms. The molecule has 0 saturated heterocycles. The van der Waals surface area contributed by atoms with Crippen LogP contribution in [0.3, 0.4) is 0 Å². The molecule has 0 N–H and O–H groups in total. The Labute approximate surface area is 210 Å². The summed E-state index contributed by atoms with van der Waals surface area (Å²) in [7, 11) is -7.51. The Kier molecular flexibility index (Phi) is 6.66. The van der Waals surface area contributed by atoms with Gasteiger partial charge in [0.25, 0.3) is 0 Å². The van der Waals surface area contributed by atoms with Crippen molar-refractivity contribution < 1.29 is 30.2 Å². The van der Waals surface area contributed by atoms with Crippen LogP contribution < -0.4 is 0 Å². The average Bonchev–Trinajstić information content (AvgIpc) is 3.01. The number of hydrogen-bond acceptors (Lipinski definition) is 4. The second-order valence-corrected chi connectivity index (χ2v) is 20.0. The molecule has 0 amide bonds. The molecule has 0 aromatic rings. The maximum Gasteiger partial charge on any atom is 0.534 e. The quantitative estimate of drug-likeness (QED) is 0.209. The van der Waals surface area contributed by atoms with E-state index in [1.807, 2.05) is 6.92 Å². The first-order chi connectivity index (χ1) is 15.8. The zero-order chi connectivity index (χ0) is 26.2. The number of halogens is 3. The molecule has 4 rings (SSSR count). The number of fused-ring (bicyclic) bond motifs is 5. The number of allylic oxidation sites excluding steroid dienone is 2. The molecule has 7 unspecified atom stereocenters. The SMILES string of the molecule is CC1(O[Si](C)(C)C(C)(C)C)CCC2C(CCC3C2CCC2(C)C(OS(=O)(=O)C(F)(F)F)=CCC32)C1. The van der Waals surface area contributed by atoms with E-state index in [-0.39, 0.29) is 22.3 Å². The lowest BCUT2D eigenvalue weighted by molar-refractivity contribution is -0.0909. The molecular formula is C26H43F3O4SSi. The standard InChI is InChI=1S/C26H43F3O4SSi/c1-23(2,3)35(6,7)33-24(4)14-12-18-17(16-24)8-9-20-19(18)13-15-25(5)21(20)10-11-22(25)32-34(30,31)26(27,28)29/h11,17-21H,8-10,12-16H2,1-7H3. The van der Waals surface area contributed by atoms with Gasteiger partial charge < -0.3 is 8.61 Å². The first-order valence-electron chi connectivity index (χ1n) is 13.2. The Morgan fingerprint density at radius 3 is 2.20 bits per heavy atom. The zero-order valence-corrected chi connectivity index (χ0v) is 24.1. The second-order valence-electron chi connectivity index (χ2n) is 13.7. The zero-order valence-electron chi connectivity index (χ0n) is 22.3. The molecule has 0 radical (unpaired) electrons. The van der Waals surface area contributed by atoms with Gasteiger partial charge in [-0.15, -0.1) is 0 Å². The van der Waals surface area contributed by atoms with Crippen molar-refractivity contribution in [2.75, 3.05) is 0 Å². The van der Waals surface area contributed by atoms with Gasteiger partial charge in [0.2, 0.25) is 0 Å². The highest BCUT2D eigenvalue weighted by molar-refractivity contribution is 7.87. The van der Waals surface area contributed by atoms with Crippen LogP contribution in [0.25, 0.3) is 0 Å². The van der Waals surface area contributed by atoms with Gasteiger partial charge in [0, 0.05) is 5.41 Å². The lowest BCUT2D eigenvalue weighted by Crippen LogP contribution is -2.54. The predicted molar refractivity (Wildman–Crippen MR) is 133 cm³/mol. The minimum Gasteiger partial charge on any atom is -0.412 e. The van der Waals surface area contributed by atoms with Gasteiger partial charge in [-0.3, -0.25) is 0 Å². The Balaban J connectivity index is 1.46. The third kappa shape index (κ3) is 4.75. The normalized spacial score (nSPS) is 40.4. The van der Waals surface area contributed by atoms with Crippen molar-refractivity contribution in [2.24, 2.45) is 35.0 Å². The number of alkyl halides is 3. The van der Waals surface area contributed by atoms with Crippen LogP contribution in [-0.2, 0) is 18.7 Å². The van der Waals surface area contributed by atoms with E-state index in [0.29, 0.717) is 36.5 Å². The summed E-state index contributed by atoms with van der Waals surface area (Å²) in [5, 5.41) is 0.174. The lowest BCUT2D eigenvalue weighted by Gasteiger charge is -2.57. The molecule has 3 saturated carbocycles. The van der Waals surface area contributed by atoms with Crippen molar-refractivity contribution in [3.63, 3.8) is 0 Å². The van der Waals surface area contributed by atoms with Gasteiger partial charge in [-0.1, -0.05) is 27.7 Å². The van der Waals surface area contributed by atoms with Crippen molar-refractivity contribution in [3.8, 4) is 0 Å². The molecule has 0 spiro atoms. The van der Waals surface area contributed by atoms with E-state index in [4.69, 9.17) is 8.61 Å². The van der Waals surface area contributed by atoms with E-state index in [0.717, 1.165) is 38.5 Å².